The maximum absolute atomic E-state index is 11.5. The van der Waals surface area contributed by atoms with Crippen LogP contribution in [0.5, 0.6) is 0 Å². The number of aliphatic hydroxyl groups is 1. The van der Waals surface area contributed by atoms with Gasteiger partial charge in [-0.3, -0.25) is 4.79 Å². The molecule has 0 aromatic heterocycles. The number of carbonyl (C=O) groups excluding carboxylic acids is 1. The highest BCUT2D eigenvalue weighted by Crippen LogP contribution is 2.33. The molecule has 0 aliphatic carbocycles. The van der Waals surface area contributed by atoms with Gasteiger partial charge in [-0.1, -0.05) is 24.3 Å². The van der Waals surface area contributed by atoms with Crippen LogP contribution in [0.3, 0.4) is 0 Å². The van der Waals surface area contributed by atoms with Gasteiger partial charge in [-0.15, -0.1) is 0 Å². The number of hydrogen-bond donors (Lipinski definition) is 1. The lowest BCUT2D eigenvalue weighted by Gasteiger charge is -2.25. The molecule has 0 saturated carbocycles. The van der Waals surface area contributed by atoms with Crippen molar-refractivity contribution in [2.24, 2.45) is 0 Å². The third-order valence-electron chi connectivity index (χ3n) is 3.25. The Balaban J connectivity index is 2.44. The first-order valence-electron chi connectivity index (χ1n) is 5.54. The molecule has 1 unspecified atom stereocenters. The van der Waals surface area contributed by atoms with Crippen LogP contribution in [0.25, 0.3) is 0 Å². The summed E-state index contributed by atoms with van der Waals surface area (Å²) in [4.78, 5) is 13.6. The van der Waals surface area contributed by atoms with E-state index in [-0.39, 0.29) is 5.78 Å². The molecule has 86 valence electrons. The molecule has 0 bridgehead atoms. The second kappa shape index (κ2) is 4.00. The summed E-state index contributed by atoms with van der Waals surface area (Å²) in [5, 5.41) is 10.6. The van der Waals surface area contributed by atoms with E-state index >= 15 is 0 Å². The van der Waals surface area contributed by atoms with Gasteiger partial charge in [-0.2, -0.15) is 0 Å². The van der Waals surface area contributed by atoms with Gasteiger partial charge in [-0.05, 0) is 26.0 Å². The van der Waals surface area contributed by atoms with Gasteiger partial charge in [0, 0.05) is 18.7 Å². The lowest BCUT2D eigenvalue weighted by Crippen LogP contribution is -2.30. The monoisotopic (exact) mass is 219 g/mol. The van der Waals surface area contributed by atoms with Gasteiger partial charge in [-0.25, -0.2) is 0 Å². The topological polar surface area (TPSA) is 40.5 Å². The standard InChI is InChI=1S/C13H17NO2/c1-10(15)11-5-3-4-6-12(11)13(16)7-8-14(2)9-13/h3-6,16H,7-9H2,1-2H3. The summed E-state index contributed by atoms with van der Waals surface area (Å²) in [6.45, 7) is 3.00. The van der Waals surface area contributed by atoms with Gasteiger partial charge >= 0.3 is 0 Å². The molecule has 0 amide bonds. The Hall–Kier alpha value is -1.19. The molecular weight excluding hydrogens is 202 g/mol. The highest BCUT2D eigenvalue weighted by atomic mass is 16.3. The number of likely N-dealkylation sites (tertiary alicyclic amines) is 1. The van der Waals surface area contributed by atoms with Crippen molar-refractivity contribution < 1.29 is 9.90 Å². The fraction of sp³-hybridized carbons (Fsp3) is 0.462. The van der Waals surface area contributed by atoms with Gasteiger partial charge in [0.1, 0.15) is 5.60 Å². The molecule has 3 heteroatoms. The maximum atomic E-state index is 11.5. The third kappa shape index (κ3) is 1.88. The SMILES string of the molecule is CC(=O)c1ccccc1C1(O)CCN(C)C1. The van der Waals surface area contributed by atoms with Crippen molar-refractivity contribution in [3.63, 3.8) is 0 Å². The molecule has 1 aromatic carbocycles. The minimum atomic E-state index is -0.864. The average molecular weight is 219 g/mol. The van der Waals surface area contributed by atoms with Crippen LogP contribution in [0.15, 0.2) is 24.3 Å². The van der Waals surface area contributed by atoms with E-state index in [1.54, 1.807) is 13.0 Å². The molecule has 1 N–H and O–H groups in total. The molecule has 3 nitrogen and oxygen atoms in total. The minimum Gasteiger partial charge on any atom is -0.384 e. The number of likely N-dealkylation sites (N-methyl/N-ethyl adjacent to an activating group) is 1. The highest BCUT2D eigenvalue weighted by molar-refractivity contribution is 5.95. The van der Waals surface area contributed by atoms with E-state index in [1.807, 2.05) is 25.2 Å². The second-order valence-electron chi connectivity index (χ2n) is 4.62. The van der Waals surface area contributed by atoms with Crippen molar-refractivity contribution in [2.75, 3.05) is 20.1 Å². The van der Waals surface area contributed by atoms with Gasteiger partial charge in [0.15, 0.2) is 5.78 Å². The normalized spacial score (nSPS) is 25.9. The highest BCUT2D eigenvalue weighted by Gasteiger charge is 2.37. The second-order valence-corrected chi connectivity index (χ2v) is 4.62. The third-order valence-corrected chi connectivity index (χ3v) is 3.25. The molecule has 1 fully saturated rings. The smallest absolute Gasteiger partial charge is 0.160 e. The molecule has 16 heavy (non-hydrogen) atoms. The molecule has 1 saturated heterocycles. The zero-order valence-corrected chi connectivity index (χ0v) is 9.73. The number of Topliss-reactive ketones (excluding diaryl/α,β-unsaturated/α-hetero) is 1. The van der Waals surface area contributed by atoms with Crippen LogP contribution < -0.4 is 0 Å². The van der Waals surface area contributed by atoms with Gasteiger partial charge in [0.2, 0.25) is 0 Å². The van der Waals surface area contributed by atoms with E-state index in [9.17, 15) is 9.90 Å². The van der Waals surface area contributed by atoms with Gasteiger partial charge in [0.25, 0.3) is 0 Å². The van der Waals surface area contributed by atoms with E-state index in [0.29, 0.717) is 18.5 Å². The van der Waals surface area contributed by atoms with E-state index in [2.05, 4.69) is 4.90 Å². The van der Waals surface area contributed by atoms with Crippen molar-refractivity contribution in [3.05, 3.63) is 35.4 Å². The van der Waals surface area contributed by atoms with Crippen LogP contribution in [0.4, 0.5) is 0 Å². The Morgan fingerprint density at radius 1 is 1.44 bits per heavy atom. The van der Waals surface area contributed by atoms with Crippen molar-refractivity contribution in [1.82, 2.24) is 4.90 Å². The zero-order chi connectivity index (χ0) is 11.8. The molecule has 1 heterocycles. The Labute approximate surface area is 95.7 Å². The number of rotatable bonds is 2. The van der Waals surface area contributed by atoms with Crippen molar-refractivity contribution >= 4 is 5.78 Å². The molecule has 1 aliphatic rings. The largest absolute Gasteiger partial charge is 0.384 e. The number of hydrogen-bond acceptors (Lipinski definition) is 3. The number of β-amino-alcohol motifs (C(OH)–C–C–N with tert-alkyl or cyclic N) is 1. The first-order valence-corrected chi connectivity index (χ1v) is 5.54. The molecular formula is C13H17NO2. The van der Waals surface area contributed by atoms with Crippen molar-refractivity contribution in [2.45, 2.75) is 18.9 Å². The van der Waals surface area contributed by atoms with E-state index in [0.717, 1.165) is 12.1 Å². The van der Waals surface area contributed by atoms with Crippen LogP contribution >= 0.6 is 0 Å². The van der Waals surface area contributed by atoms with Gasteiger partial charge in [0.05, 0.1) is 0 Å². The fourth-order valence-electron chi connectivity index (χ4n) is 2.40. The first-order chi connectivity index (χ1) is 7.53. The number of ketones is 1. The van der Waals surface area contributed by atoms with Crippen molar-refractivity contribution in [1.29, 1.82) is 0 Å². The maximum Gasteiger partial charge on any atom is 0.160 e. The summed E-state index contributed by atoms with van der Waals surface area (Å²) >= 11 is 0. The van der Waals surface area contributed by atoms with Crippen molar-refractivity contribution in [3.8, 4) is 0 Å². The van der Waals surface area contributed by atoms with Crippen LogP contribution in [-0.2, 0) is 5.60 Å². The van der Waals surface area contributed by atoms with Crippen LogP contribution in [0.1, 0.15) is 29.3 Å². The summed E-state index contributed by atoms with van der Waals surface area (Å²) in [6, 6.07) is 7.35. The van der Waals surface area contributed by atoms with Gasteiger partial charge < -0.3 is 10.0 Å². The zero-order valence-electron chi connectivity index (χ0n) is 9.73. The van der Waals surface area contributed by atoms with Crippen LogP contribution in [0, 0.1) is 0 Å². The summed E-state index contributed by atoms with van der Waals surface area (Å²) in [6.07, 6.45) is 0.688. The number of benzene rings is 1. The Bertz CT molecular complexity index is 416. The number of carbonyl (C=O) groups is 1. The summed E-state index contributed by atoms with van der Waals surface area (Å²) in [5.41, 5.74) is 0.545. The fourth-order valence-corrected chi connectivity index (χ4v) is 2.40. The molecule has 0 radical (unpaired) electrons. The van der Waals surface area contributed by atoms with E-state index < -0.39 is 5.60 Å². The van der Waals surface area contributed by atoms with E-state index in [1.165, 1.54) is 0 Å². The molecule has 2 rings (SSSR count). The first kappa shape index (κ1) is 11.3. The lowest BCUT2D eigenvalue weighted by molar-refractivity contribution is 0.0475. The summed E-state index contributed by atoms with van der Waals surface area (Å²) in [7, 11) is 1.98. The molecule has 1 atom stereocenters. The van der Waals surface area contributed by atoms with Crippen LogP contribution in [0.2, 0.25) is 0 Å². The Morgan fingerprint density at radius 3 is 2.69 bits per heavy atom. The molecule has 1 aliphatic heterocycles. The molecule has 1 aromatic rings. The predicted octanol–water partition coefficient (Wildman–Crippen LogP) is 1.41. The Morgan fingerprint density at radius 2 is 2.12 bits per heavy atom. The van der Waals surface area contributed by atoms with E-state index in [4.69, 9.17) is 0 Å². The average Bonchev–Trinajstić information content (AvgIpc) is 2.60. The molecule has 0 spiro atoms. The minimum absolute atomic E-state index is 0.0126. The summed E-state index contributed by atoms with van der Waals surface area (Å²) < 4.78 is 0. The quantitative estimate of drug-likeness (QED) is 0.765. The predicted molar refractivity (Wildman–Crippen MR) is 62.5 cm³/mol. The Kier molecular flexibility index (Phi) is 2.82. The summed E-state index contributed by atoms with van der Waals surface area (Å²) in [5.74, 6) is 0.0126. The number of nitrogens with zero attached hydrogens (tertiary/aromatic N) is 1. The lowest BCUT2D eigenvalue weighted by atomic mass is 9.88. The van der Waals surface area contributed by atoms with Crippen LogP contribution in [-0.4, -0.2) is 35.9 Å².